The molecule has 0 atom stereocenters. The first-order valence-electron chi connectivity index (χ1n) is 3.10. The number of rotatable bonds is 3. The fourth-order valence-electron chi connectivity index (χ4n) is 0.470. The van der Waals surface area contributed by atoms with Crippen molar-refractivity contribution in [1.29, 1.82) is 0 Å². The molecule has 0 rings (SSSR count). The summed E-state index contributed by atoms with van der Waals surface area (Å²) in [5.41, 5.74) is 0. The first-order valence-corrected chi connectivity index (χ1v) is 3.51. The van der Waals surface area contributed by atoms with Gasteiger partial charge in [0.15, 0.2) is 5.05 Å². The first kappa shape index (κ1) is 9.36. The molecular weight excluding hydrogens is 152 g/mol. The fourth-order valence-corrected chi connectivity index (χ4v) is 0.685. The smallest absolute Gasteiger partial charge is 0.449 e. The van der Waals surface area contributed by atoms with Crippen LogP contribution in [0.2, 0.25) is 0 Å². The lowest BCUT2D eigenvalue weighted by atomic mass is 10.3. The number of hydrogen-bond donors (Lipinski definition) is 1. The van der Waals surface area contributed by atoms with Crippen molar-refractivity contribution < 1.29 is 14.6 Å². The van der Waals surface area contributed by atoms with Crippen molar-refractivity contribution in [2.75, 3.05) is 0 Å². The van der Waals surface area contributed by atoms with E-state index in [9.17, 15) is 4.79 Å². The van der Waals surface area contributed by atoms with Crippen LogP contribution in [0.1, 0.15) is 26.2 Å². The Labute approximate surface area is 65.0 Å². The molecule has 0 aromatic carbocycles. The third-order valence-electron chi connectivity index (χ3n) is 0.936. The van der Waals surface area contributed by atoms with Gasteiger partial charge in [0, 0.05) is 6.42 Å². The van der Waals surface area contributed by atoms with E-state index in [0.29, 0.717) is 6.42 Å². The predicted octanol–water partition coefficient (Wildman–Crippen LogP) is 2.20. The van der Waals surface area contributed by atoms with Crippen molar-refractivity contribution in [2.45, 2.75) is 26.2 Å². The largest absolute Gasteiger partial charge is 0.511 e. The van der Waals surface area contributed by atoms with Crippen LogP contribution >= 0.6 is 12.2 Å². The summed E-state index contributed by atoms with van der Waals surface area (Å²) in [5.74, 6) is 0. The van der Waals surface area contributed by atoms with Crippen molar-refractivity contribution in [2.24, 2.45) is 0 Å². The van der Waals surface area contributed by atoms with Gasteiger partial charge in [-0.15, -0.1) is 0 Å². The molecule has 0 aromatic heterocycles. The number of thiocarbonyl (C=S) groups is 1. The second kappa shape index (κ2) is 5.17. The molecule has 0 saturated heterocycles. The minimum absolute atomic E-state index is 0.161. The average Bonchev–Trinajstić information content (AvgIpc) is 1.82. The maximum absolute atomic E-state index is 9.86. The minimum atomic E-state index is -1.32. The van der Waals surface area contributed by atoms with Crippen LogP contribution < -0.4 is 0 Å². The van der Waals surface area contributed by atoms with Crippen molar-refractivity contribution in [3.63, 3.8) is 0 Å². The number of carboxylic acid groups (broad SMARTS) is 1. The van der Waals surface area contributed by atoms with Gasteiger partial charge in [0.05, 0.1) is 0 Å². The molecule has 4 heteroatoms. The van der Waals surface area contributed by atoms with E-state index in [-0.39, 0.29) is 5.05 Å². The van der Waals surface area contributed by atoms with Gasteiger partial charge < -0.3 is 9.84 Å². The van der Waals surface area contributed by atoms with E-state index in [1.54, 1.807) is 0 Å². The zero-order valence-corrected chi connectivity index (χ0v) is 6.61. The lowest BCUT2D eigenvalue weighted by molar-refractivity contribution is 0.141. The molecule has 10 heavy (non-hydrogen) atoms. The molecule has 0 bridgehead atoms. The van der Waals surface area contributed by atoms with Crippen LogP contribution in [0.25, 0.3) is 0 Å². The van der Waals surface area contributed by atoms with Crippen LogP contribution in [-0.2, 0) is 4.74 Å². The highest BCUT2D eigenvalue weighted by Crippen LogP contribution is 1.98. The molecule has 0 aliphatic rings. The molecule has 0 unspecified atom stereocenters. The Morgan fingerprint density at radius 1 is 1.70 bits per heavy atom. The zero-order chi connectivity index (χ0) is 7.98. The highest BCUT2D eigenvalue weighted by molar-refractivity contribution is 7.80. The maximum atomic E-state index is 9.86. The van der Waals surface area contributed by atoms with Gasteiger partial charge in [-0.25, -0.2) is 4.79 Å². The van der Waals surface area contributed by atoms with Gasteiger partial charge >= 0.3 is 6.16 Å². The summed E-state index contributed by atoms with van der Waals surface area (Å²) in [6, 6.07) is 0. The van der Waals surface area contributed by atoms with E-state index in [0.717, 1.165) is 12.8 Å². The predicted molar refractivity (Wildman–Crippen MR) is 41.2 cm³/mol. The summed E-state index contributed by atoms with van der Waals surface area (Å²) in [6.45, 7) is 2.00. The van der Waals surface area contributed by atoms with Gasteiger partial charge in [-0.2, -0.15) is 0 Å². The van der Waals surface area contributed by atoms with Crippen LogP contribution in [0.15, 0.2) is 0 Å². The highest BCUT2D eigenvalue weighted by Gasteiger charge is 2.01. The summed E-state index contributed by atoms with van der Waals surface area (Å²) in [7, 11) is 0. The van der Waals surface area contributed by atoms with Crippen LogP contribution in [0.4, 0.5) is 4.79 Å². The van der Waals surface area contributed by atoms with E-state index in [1.165, 1.54) is 0 Å². The highest BCUT2D eigenvalue weighted by atomic mass is 32.1. The molecule has 0 aliphatic carbocycles. The summed E-state index contributed by atoms with van der Waals surface area (Å²) < 4.78 is 4.20. The molecule has 0 saturated carbocycles. The standard InChI is InChI=1S/C6H10O3S/c1-2-3-4-5(10)9-6(7)8/h2-4H2,1H3,(H,7,8). The normalized spacial score (nSPS) is 8.90. The molecule has 3 nitrogen and oxygen atoms in total. The Kier molecular flexibility index (Phi) is 4.84. The van der Waals surface area contributed by atoms with Crippen molar-refractivity contribution >= 4 is 23.4 Å². The van der Waals surface area contributed by atoms with Crippen LogP contribution in [-0.4, -0.2) is 16.3 Å². The number of ether oxygens (including phenoxy) is 1. The van der Waals surface area contributed by atoms with Crippen molar-refractivity contribution in [3.8, 4) is 0 Å². The lowest BCUT2D eigenvalue weighted by Crippen LogP contribution is -2.06. The Morgan fingerprint density at radius 3 is 2.70 bits per heavy atom. The van der Waals surface area contributed by atoms with E-state index < -0.39 is 6.16 Å². The first-order chi connectivity index (χ1) is 4.66. The summed E-state index contributed by atoms with van der Waals surface area (Å²) in [5, 5.41) is 8.23. The second-order valence-corrected chi connectivity index (χ2v) is 2.30. The monoisotopic (exact) mass is 162 g/mol. The average molecular weight is 162 g/mol. The lowest BCUT2D eigenvalue weighted by Gasteiger charge is -1.98. The van der Waals surface area contributed by atoms with Gasteiger partial charge in [0.25, 0.3) is 0 Å². The van der Waals surface area contributed by atoms with Crippen molar-refractivity contribution in [1.82, 2.24) is 0 Å². The summed E-state index contributed by atoms with van der Waals surface area (Å²) in [4.78, 5) is 9.86. The minimum Gasteiger partial charge on any atom is -0.449 e. The van der Waals surface area contributed by atoms with Gasteiger partial charge in [0.2, 0.25) is 0 Å². The Balaban J connectivity index is 3.35. The van der Waals surface area contributed by atoms with Crippen LogP contribution in [0.3, 0.4) is 0 Å². The fraction of sp³-hybridized carbons (Fsp3) is 0.667. The van der Waals surface area contributed by atoms with E-state index >= 15 is 0 Å². The van der Waals surface area contributed by atoms with Crippen molar-refractivity contribution in [3.05, 3.63) is 0 Å². The van der Waals surface area contributed by atoms with Gasteiger partial charge in [-0.1, -0.05) is 13.3 Å². The number of carbonyl (C=O) groups is 1. The number of hydrogen-bond acceptors (Lipinski definition) is 3. The van der Waals surface area contributed by atoms with Crippen LogP contribution in [0, 0.1) is 0 Å². The van der Waals surface area contributed by atoms with Gasteiger partial charge in [-0.05, 0) is 18.6 Å². The van der Waals surface area contributed by atoms with E-state index in [4.69, 9.17) is 5.11 Å². The van der Waals surface area contributed by atoms with Gasteiger partial charge in [-0.3, -0.25) is 0 Å². The molecule has 0 heterocycles. The molecule has 0 fully saturated rings. The molecule has 58 valence electrons. The molecule has 1 N–H and O–H groups in total. The Bertz CT molecular complexity index is 133. The molecule has 0 amide bonds. The summed E-state index contributed by atoms with van der Waals surface area (Å²) in [6.07, 6.45) is 1.11. The molecule has 0 aromatic rings. The zero-order valence-electron chi connectivity index (χ0n) is 5.79. The van der Waals surface area contributed by atoms with Crippen LogP contribution in [0.5, 0.6) is 0 Å². The SMILES string of the molecule is CCCCC(=S)OC(=O)O. The molecule has 0 aliphatic heterocycles. The third kappa shape index (κ3) is 5.50. The maximum Gasteiger partial charge on any atom is 0.511 e. The Hall–Kier alpha value is -0.640. The Morgan fingerprint density at radius 2 is 2.30 bits per heavy atom. The topological polar surface area (TPSA) is 46.5 Å². The van der Waals surface area contributed by atoms with E-state index in [2.05, 4.69) is 17.0 Å². The summed E-state index contributed by atoms with van der Waals surface area (Å²) >= 11 is 4.59. The third-order valence-corrected chi connectivity index (χ3v) is 1.22. The van der Waals surface area contributed by atoms with Gasteiger partial charge in [0.1, 0.15) is 0 Å². The second-order valence-electron chi connectivity index (χ2n) is 1.84. The molecule has 0 radical (unpaired) electrons. The molecular formula is C6H10O3S. The van der Waals surface area contributed by atoms with E-state index in [1.807, 2.05) is 6.92 Å². The number of unbranched alkanes of at least 4 members (excludes halogenated alkanes) is 1. The quantitative estimate of drug-likeness (QED) is 0.510. The molecule has 0 spiro atoms.